The van der Waals surface area contributed by atoms with Crippen molar-refractivity contribution in [3.63, 3.8) is 0 Å². The lowest BCUT2D eigenvalue weighted by molar-refractivity contribution is -0.137. The summed E-state index contributed by atoms with van der Waals surface area (Å²) in [6.45, 7) is -0.0394. The fourth-order valence-corrected chi connectivity index (χ4v) is 2.27. The first kappa shape index (κ1) is 19.2. The molecule has 1 aromatic heterocycles. The highest BCUT2D eigenvalue weighted by Crippen LogP contribution is 2.29. The van der Waals surface area contributed by atoms with Crippen LogP contribution < -0.4 is 15.4 Å². The molecule has 2 N–H and O–H groups in total. The number of carbonyl (C=O) groups is 1. The number of anilines is 1. The highest BCUT2D eigenvalue weighted by molar-refractivity contribution is 5.89. The summed E-state index contributed by atoms with van der Waals surface area (Å²) in [6.07, 6.45) is -1.33. The molecule has 1 heterocycles. The minimum atomic E-state index is -4.42. The smallest absolute Gasteiger partial charge is 0.416 e. The molecule has 0 saturated heterocycles. The molecular weight excluding hydrogens is 373 g/mol. The van der Waals surface area contributed by atoms with E-state index in [0.29, 0.717) is 17.0 Å². The molecule has 2 aromatic carbocycles. The lowest BCUT2D eigenvalue weighted by atomic mass is 10.1. The van der Waals surface area contributed by atoms with Gasteiger partial charge in [-0.15, -0.1) is 0 Å². The number of benzene rings is 2. The first-order valence-electron chi connectivity index (χ1n) is 8.16. The number of nitrogens with zero attached hydrogens (tertiary/aromatic N) is 2. The van der Waals surface area contributed by atoms with Gasteiger partial charge >= 0.3 is 18.2 Å². The van der Waals surface area contributed by atoms with E-state index in [0.717, 1.165) is 12.1 Å². The van der Waals surface area contributed by atoms with Gasteiger partial charge in [0.05, 0.1) is 5.56 Å². The number of rotatable bonds is 5. The molecule has 144 valence electrons. The molecule has 6 nitrogen and oxygen atoms in total. The van der Waals surface area contributed by atoms with Gasteiger partial charge < -0.3 is 15.4 Å². The lowest BCUT2D eigenvalue weighted by Gasteiger charge is -2.11. The Hall–Kier alpha value is -3.62. The van der Waals surface area contributed by atoms with Crippen LogP contribution in [-0.4, -0.2) is 16.0 Å². The molecule has 0 bridgehead atoms. The molecule has 0 radical (unpaired) electrons. The van der Waals surface area contributed by atoms with E-state index < -0.39 is 17.8 Å². The van der Waals surface area contributed by atoms with Crippen LogP contribution in [0.4, 0.5) is 23.7 Å². The van der Waals surface area contributed by atoms with E-state index in [1.807, 2.05) is 0 Å². The van der Waals surface area contributed by atoms with Crippen LogP contribution in [0.15, 0.2) is 67.0 Å². The summed E-state index contributed by atoms with van der Waals surface area (Å²) in [5, 5.41) is 5.10. The first-order valence-corrected chi connectivity index (χ1v) is 8.16. The Balaban J connectivity index is 1.52. The molecule has 2 amide bonds. The molecule has 0 fully saturated rings. The van der Waals surface area contributed by atoms with Crippen molar-refractivity contribution in [3.05, 3.63) is 78.1 Å². The Morgan fingerprint density at radius 1 is 1.00 bits per heavy atom. The first-order chi connectivity index (χ1) is 13.4. The SMILES string of the molecule is O=C(NCc1cccc(C(F)(F)F)c1)Nc1ccc(Oc2ncccn2)cc1. The van der Waals surface area contributed by atoms with E-state index in [1.54, 1.807) is 42.7 Å². The van der Waals surface area contributed by atoms with Crippen molar-refractivity contribution in [1.82, 2.24) is 15.3 Å². The molecule has 9 heteroatoms. The highest BCUT2D eigenvalue weighted by atomic mass is 19.4. The van der Waals surface area contributed by atoms with E-state index in [9.17, 15) is 18.0 Å². The summed E-state index contributed by atoms with van der Waals surface area (Å²) in [5.41, 5.74) is 0.0737. The van der Waals surface area contributed by atoms with Crippen molar-refractivity contribution in [3.8, 4) is 11.8 Å². The van der Waals surface area contributed by atoms with Gasteiger partial charge in [0.15, 0.2) is 0 Å². The minimum absolute atomic E-state index is 0.0394. The van der Waals surface area contributed by atoms with Crippen LogP contribution in [0.3, 0.4) is 0 Å². The van der Waals surface area contributed by atoms with Crippen molar-refractivity contribution in [1.29, 1.82) is 0 Å². The third-order valence-corrected chi connectivity index (χ3v) is 3.57. The molecule has 0 saturated carbocycles. The van der Waals surface area contributed by atoms with E-state index in [-0.39, 0.29) is 12.6 Å². The molecule has 0 aliphatic carbocycles. The molecule has 0 atom stereocenters. The van der Waals surface area contributed by atoms with Crippen LogP contribution in [-0.2, 0) is 12.7 Å². The lowest BCUT2D eigenvalue weighted by Crippen LogP contribution is -2.28. The number of aromatic nitrogens is 2. The summed E-state index contributed by atoms with van der Waals surface area (Å²) in [7, 11) is 0. The molecule has 0 aliphatic heterocycles. The van der Waals surface area contributed by atoms with Crippen LogP contribution in [0.5, 0.6) is 11.8 Å². The van der Waals surface area contributed by atoms with E-state index in [2.05, 4.69) is 20.6 Å². The summed E-state index contributed by atoms with van der Waals surface area (Å²) in [4.78, 5) is 19.8. The second kappa shape index (κ2) is 8.38. The molecule has 3 aromatic rings. The monoisotopic (exact) mass is 388 g/mol. The number of alkyl halides is 3. The predicted octanol–water partition coefficient (Wildman–Crippen LogP) is 4.61. The maximum absolute atomic E-state index is 12.7. The van der Waals surface area contributed by atoms with Crippen LogP contribution in [0.1, 0.15) is 11.1 Å². The Morgan fingerprint density at radius 3 is 2.39 bits per heavy atom. The van der Waals surface area contributed by atoms with Gasteiger partial charge in [-0.1, -0.05) is 12.1 Å². The number of amides is 2. The van der Waals surface area contributed by atoms with Crippen LogP contribution in [0.2, 0.25) is 0 Å². The molecule has 0 spiro atoms. The normalized spacial score (nSPS) is 11.0. The van der Waals surface area contributed by atoms with Crippen LogP contribution in [0.25, 0.3) is 0 Å². The highest BCUT2D eigenvalue weighted by Gasteiger charge is 2.30. The predicted molar refractivity (Wildman–Crippen MR) is 95.9 cm³/mol. The fraction of sp³-hybridized carbons (Fsp3) is 0.105. The van der Waals surface area contributed by atoms with Gasteiger partial charge in [-0.3, -0.25) is 0 Å². The Bertz CT molecular complexity index is 932. The number of carbonyl (C=O) groups excluding carboxylic acids is 1. The van der Waals surface area contributed by atoms with Crippen molar-refractivity contribution in [2.24, 2.45) is 0 Å². The van der Waals surface area contributed by atoms with Gasteiger partial charge in [0, 0.05) is 24.6 Å². The van der Waals surface area contributed by atoms with Gasteiger partial charge in [0.25, 0.3) is 0 Å². The fourth-order valence-electron chi connectivity index (χ4n) is 2.27. The second-order valence-corrected chi connectivity index (χ2v) is 5.66. The molecule has 0 unspecified atom stereocenters. The summed E-state index contributed by atoms with van der Waals surface area (Å²) < 4.78 is 43.6. The average molecular weight is 388 g/mol. The maximum atomic E-state index is 12.7. The van der Waals surface area contributed by atoms with E-state index in [4.69, 9.17) is 4.74 Å². The number of hydrogen-bond acceptors (Lipinski definition) is 4. The molecule has 0 aliphatic rings. The summed E-state index contributed by atoms with van der Waals surface area (Å²) >= 11 is 0. The third-order valence-electron chi connectivity index (χ3n) is 3.57. The van der Waals surface area contributed by atoms with Crippen LogP contribution >= 0.6 is 0 Å². The van der Waals surface area contributed by atoms with Gasteiger partial charge in [-0.05, 0) is 48.0 Å². The van der Waals surface area contributed by atoms with Crippen molar-refractivity contribution in [2.45, 2.75) is 12.7 Å². The molecular formula is C19H15F3N4O2. The number of halogens is 3. The van der Waals surface area contributed by atoms with E-state index >= 15 is 0 Å². The zero-order chi connectivity index (χ0) is 20.0. The number of ether oxygens (including phenoxy) is 1. The van der Waals surface area contributed by atoms with E-state index in [1.165, 1.54) is 12.1 Å². The van der Waals surface area contributed by atoms with Crippen LogP contribution in [0, 0.1) is 0 Å². The topological polar surface area (TPSA) is 76.1 Å². The largest absolute Gasteiger partial charge is 0.424 e. The van der Waals surface area contributed by atoms with Gasteiger partial charge in [-0.25, -0.2) is 14.8 Å². The van der Waals surface area contributed by atoms with Gasteiger partial charge in [-0.2, -0.15) is 13.2 Å². The second-order valence-electron chi connectivity index (χ2n) is 5.66. The Kier molecular flexibility index (Phi) is 5.73. The Morgan fingerprint density at radius 2 is 1.71 bits per heavy atom. The molecule has 28 heavy (non-hydrogen) atoms. The number of nitrogens with one attached hydrogen (secondary N) is 2. The minimum Gasteiger partial charge on any atom is -0.424 e. The molecule has 3 rings (SSSR count). The number of hydrogen-bond donors (Lipinski definition) is 2. The van der Waals surface area contributed by atoms with Gasteiger partial charge in [0.1, 0.15) is 5.75 Å². The number of urea groups is 1. The maximum Gasteiger partial charge on any atom is 0.416 e. The van der Waals surface area contributed by atoms with Crippen molar-refractivity contribution in [2.75, 3.05) is 5.32 Å². The zero-order valence-corrected chi connectivity index (χ0v) is 14.4. The summed E-state index contributed by atoms with van der Waals surface area (Å²) in [5.74, 6) is 0.487. The standard InChI is InChI=1S/C19H15F3N4O2/c20-19(21,22)14-4-1-3-13(11-14)12-25-17(27)26-15-5-7-16(8-6-15)28-18-23-9-2-10-24-18/h1-11H,12H2,(H2,25,26,27). The average Bonchev–Trinajstić information content (AvgIpc) is 2.68. The quantitative estimate of drug-likeness (QED) is 0.669. The van der Waals surface area contributed by atoms with Crippen molar-refractivity contribution < 1.29 is 22.7 Å². The van der Waals surface area contributed by atoms with Gasteiger partial charge in [0.2, 0.25) is 0 Å². The summed E-state index contributed by atoms with van der Waals surface area (Å²) in [6, 6.07) is 12.6. The Labute approximate surface area is 158 Å². The zero-order valence-electron chi connectivity index (χ0n) is 14.4. The third kappa shape index (κ3) is 5.44. The van der Waals surface area contributed by atoms with Crippen molar-refractivity contribution >= 4 is 11.7 Å².